The monoisotopic (exact) mass is 323 g/mol. The van der Waals surface area contributed by atoms with Gasteiger partial charge in [0.2, 0.25) is 0 Å². The summed E-state index contributed by atoms with van der Waals surface area (Å²) in [5.74, 6) is 0.238. The highest BCUT2D eigenvalue weighted by molar-refractivity contribution is 9.10. The molecule has 2 aromatic rings. The van der Waals surface area contributed by atoms with Crippen molar-refractivity contribution in [2.75, 3.05) is 0 Å². The van der Waals surface area contributed by atoms with Gasteiger partial charge in [0, 0.05) is 24.0 Å². The first-order chi connectivity index (χ1) is 9.13. The summed E-state index contributed by atoms with van der Waals surface area (Å²) in [4.78, 5) is 12.0. The zero-order valence-electron chi connectivity index (χ0n) is 10.5. The van der Waals surface area contributed by atoms with E-state index in [9.17, 15) is 4.79 Å². The van der Waals surface area contributed by atoms with Crippen LogP contribution in [0.25, 0.3) is 0 Å². The van der Waals surface area contributed by atoms with Gasteiger partial charge in [-0.1, -0.05) is 0 Å². The normalized spacial score (nSPS) is 22.0. The summed E-state index contributed by atoms with van der Waals surface area (Å²) in [6.07, 6.45) is 5.55. The third kappa shape index (κ3) is 2.45. The highest BCUT2D eigenvalue weighted by Crippen LogP contribution is 2.31. The second-order valence-corrected chi connectivity index (χ2v) is 5.63. The van der Waals surface area contributed by atoms with Gasteiger partial charge in [0.05, 0.1) is 6.04 Å². The molecule has 2 heterocycles. The van der Waals surface area contributed by atoms with Crippen molar-refractivity contribution in [2.24, 2.45) is 0 Å². The number of amides is 1. The smallest absolute Gasteiger partial charge is 0.287 e. The van der Waals surface area contributed by atoms with E-state index in [0.29, 0.717) is 16.5 Å². The molecule has 1 aliphatic carbocycles. The van der Waals surface area contributed by atoms with Crippen molar-refractivity contribution in [1.82, 2.24) is 15.1 Å². The first-order valence-electron chi connectivity index (χ1n) is 6.19. The van der Waals surface area contributed by atoms with Crippen molar-refractivity contribution in [1.29, 1.82) is 0 Å². The fraction of sp³-hybridized carbons (Fsp3) is 0.385. The Hall–Kier alpha value is -1.56. The molecule has 0 spiro atoms. The average Bonchev–Trinajstić information content (AvgIpc) is 2.92. The van der Waals surface area contributed by atoms with Crippen molar-refractivity contribution in [3.63, 3.8) is 0 Å². The number of hydrogen-bond acceptors (Lipinski definition) is 3. The van der Waals surface area contributed by atoms with Crippen LogP contribution in [0, 0.1) is 6.92 Å². The predicted molar refractivity (Wildman–Crippen MR) is 72.9 cm³/mol. The van der Waals surface area contributed by atoms with Crippen LogP contribution < -0.4 is 5.32 Å². The average molecular weight is 324 g/mol. The molecule has 1 aliphatic rings. The third-order valence-corrected chi connectivity index (χ3v) is 3.83. The van der Waals surface area contributed by atoms with Gasteiger partial charge < -0.3 is 9.73 Å². The Bertz CT molecular complexity index is 585. The molecule has 0 radical (unpaired) electrons. The van der Waals surface area contributed by atoms with Gasteiger partial charge in [0.15, 0.2) is 10.4 Å². The number of hydrogen-bond donors (Lipinski definition) is 1. The van der Waals surface area contributed by atoms with Gasteiger partial charge >= 0.3 is 0 Å². The van der Waals surface area contributed by atoms with Crippen LogP contribution in [0.3, 0.4) is 0 Å². The molecular weight excluding hydrogens is 310 g/mol. The van der Waals surface area contributed by atoms with Crippen LogP contribution in [0.15, 0.2) is 33.6 Å². The number of aromatic nitrogens is 2. The fourth-order valence-corrected chi connectivity index (χ4v) is 2.84. The number of carbonyl (C=O) groups excluding carboxylic acids is 1. The lowest BCUT2D eigenvalue weighted by Crippen LogP contribution is -2.45. The number of nitrogens with one attached hydrogen (secondary N) is 1. The quantitative estimate of drug-likeness (QED) is 0.944. The van der Waals surface area contributed by atoms with Crippen LogP contribution >= 0.6 is 15.9 Å². The molecule has 1 saturated carbocycles. The summed E-state index contributed by atoms with van der Waals surface area (Å²) in [5.41, 5.74) is 0.840. The zero-order valence-corrected chi connectivity index (χ0v) is 12.1. The molecule has 1 fully saturated rings. The summed E-state index contributed by atoms with van der Waals surface area (Å²) in [6.45, 7) is 1.86. The largest absolute Gasteiger partial charge is 0.444 e. The van der Waals surface area contributed by atoms with Crippen LogP contribution in [0.5, 0.6) is 0 Å². The SMILES string of the molecule is Cc1cc(Br)oc1C(=O)NC1CC(n2cccn2)C1. The highest BCUT2D eigenvalue weighted by atomic mass is 79.9. The maximum atomic E-state index is 12.0. The zero-order chi connectivity index (χ0) is 13.4. The second-order valence-electron chi connectivity index (χ2n) is 4.84. The van der Waals surface area contributed by atoms with Crippen LogP contribution in [0.1, 0.15) is 35.0 Å². The van der Waals surface area contributed by atoms with Crippen molar-refractivity contribution in [3.05, 3.63) is 40.5 Å². The molecule has 0 aromatic carbocycles. The molecule has 100 valence electrons. The fourth-order valence-electron chi connectivity index (χ4n) is 2.34. The number of halogens is 1. The van der Waals surface area contributed by atoms with Gasteiger partial charge in [0.25, 0.3) is 5.91 Å². The van der Waals surface area contributed by atoms with E-state index in [1.54, 1.807) is 12.3 Å². The van der Waals surface area contributed by atoms with E-state index < -0.39 is 0 Å². The molecule has 19 heavy (non-hydrogen) atoms. The Morgan fingerprint density at radius 1 is 1.58 bits per heavy atom. The Morgan fingerprint density at radius 2 is 2.37 bits per heavy atom. The molecule has 5 nitrogen and oxygen atoms in total. The summed E-state index contributed by atoms with van der Waals surface area (Å²) in [7, 11) is 0. The van der Waals surface area contributed by atoms with Crippen LogP contribution in [-0.2, 0) is 0 Å². The van der Waals surface area contributed by atoms with Crippen LogP contribution in [0.4, 0.5) is 0 Å². The lowest BCUT2D eigenvalue weighted by atomic mass is 9.87. The molecule has 6 heteroatoms. The number of nitrogens with zero attached hydrogens (tertiary/aromatic N) is 2. The molecule has 1 amide bonds. The summed E-state index contributed by atoms with van der Waals surface area (Å²) >= 11 is 3.23. The van der Waals surface area contributed by atoms with Crippen molar-refractivity contribution >= 4 is 21.8 Å². The number of aryl methyl sites for hydroxylation is 1. The van der Waals surface area contributed by atoms with E-state index in [-0.39, 0.29) is 11.9 Å². The van der Waals surface area contributed by atoms with E-state index in [0.717, 1.165) is 18.4 Å². The van der Waals surface area contributed by atoms with E-state index in [4.69, 9.17) is 4.42 Å². The molecule has 3 rings (SSSR count). The Labute approximate surface area is 119 Å². The van der Waals surface area contributed by atoms with Gasteiger partial charge in [-0.2, -0.15) is 5.10 Å². The van der Waals surface area contributed by atoms with E-state index >= 15 is 0 Å². The van der Waals surface area contributed by atoms with Crippen LogP contribution in [-0.4, -0.2) is 21.7 Å². The van der Waals surface area contributed by atoms with Gasteiger partial charge in [-0.3, -0.25) is 9.48 Å². The molecule has 0 saturated heterocycles. The van der Waals surface area contributed by atoms with Crippen molar-refractivity contribution < 1.29 is 9.21 Å². The minimum Gasteiger partial charge on any atom is -0.444 e. The van der Waals surface area contributed by atoms with Gasteiger partial charge in [0.1, 0.15) is 0 Å². The summed E-state index contributed by atoms with van der Waals surface area (Å²) < 4.78 is 7.86. The maximum absolute atomic E-state index is 12.0. The lowest BCUT2D eigenvalue weighted by Gasteiger charge is -2.35. The minimum absolute atomic E-state index is 0.146. The van der Waals surface area contributed by atoms with E-state index in [2.05, 4.69) is 26.3 Å². The highest BCUT2D eigenvalue weighted by Gasteiger charge is 2.32. The first-order valence-corrected chi connectivity index (χ1v) is 6.98. The number of furan rings is 1. The molecule has 2 aromatic heterocycles. The Kier molecular flexibility index (Phi) is 3.18. The topological polar surface area (TPSA) is 60.1 Å². The van der Waals surface area contributed by atoms with Gasteiger partial charge in [-0.15, -0.1) is 0 Å². The standard InChI is InChI=1S/C13H14BrN3O2/c1-8-5-11(14)19-12(8)13(18)16-9-6-10(7-9)17-4-2-3-15-17/h2-5,9-10H,6-7H2,1H3,(H,16,18). The minimum atomic E-state index is -0.146. The van der Waals surface area contributed by atoms with Crippen molar-refractivity contribution in [3.8, 4) is 0 Å². The Morgan fingerprint density at radius 3 is 2.95 bits per heavy atom. The molecule has 0 bridgehead atoms. The summed E-state index contributed by atoms with van der Waals surface area (Å²) in [6, 6.07) is 4.30. The van der Waals surface area contributed by atoms with Crippen LogP contribution in [0.2, 0.25) is 0 Å². The molecule has 0 unspecified atom stereocenters. The molecule has 1 N–H and O–H groups in total. The van der Waals surface area contributed by atoms with E-state index in [1.807, 2.05) is 23.9 Å². The molecule has 0 aliphatic heterocycles. The number of carbonyl (C=O) groups is 1. The Balaban J connectivity index is 1.56. The first kappa shape index (κ1) is 12.5. The van der Waals surface area contributed by atoms with Crippen molar-refractivity contribution in [2.45, 2.75) is 31.8 Å². The predicted octanol–water partition coefficient (Wildman–Crippen LogP) is 2.68. The summed E-state index contributed by atoms with van der Waals surface area (Å²) in [5, 5.41) is 7.19. The maximum Gasteiger partial charge on any atom is 0.287 e. The second kappa shape index (κ2) is 4.85. The van der Waals surface area contributed by atoms with Gasteiger partial charge in [-0.25, -0.2) is 0 Å². The molecular formula is C13H14BrN3O2. The van der Waals surface area contributed by atoms with E-state index in [1.165, 1.54) is 0 Å². The lowest BCUT2D eigenvalue weighted by molar-refractivity contribution is 0.0858. The molecule has 0 atom stereocenters. The third-order valence-electron chi connectivity index (χ3n) is 3.44. The van der Waals surface area contributed by atoms with Gasteiger partial charge in [-0.05, 0) is 47.8 Å². The number of rotatable bonds is 3.